The third kappa shape index (κ3) is 8.53. The van der Waals surface area contributed by atoms with E-state index in [2.05, 4.69) is 13.2 Å². The summed E-state index contributed by atoms with van der Waals surface area (Å²) in [6.07, 6.45) is 3.28. The average molecular weight is 296 g/mol. The zero-order valence-electron chi connectivity index (χ0n) is 10.3. The molecule has 0 heterocycles. The third-order valence-electron chi connectivity index (χ3n) is 1.96. The first-order valence-corrected chi connectivity index (χ1v) is 6.45. The summed E-state index contributed by atoms with van der Waals surface area (Å²) in [5.41, 5.74) is 0. The lowest BCUT2D eigenvalue weighted by molar-refractivity contribution is -0.129. The number of halogens is 2. The van der Waals surface area contributed by atoms with Crippen LogP contribution in [0.15, 0.2) is 25.3 Å². The number of rotatable bonds is 11. The van der Waals surface area contributed by atoms with Crippen molar-refractivity contribution in [2.45, 2.75) is 4.84 Å². The van der Waals surface area contributed by atoms with E-state index in [0.29, 0.717) is 39.5 Å². The van der Waals surface area contributed by atoms with Crippen molar-refractivity contribution in [3.63, 3.8) is 0 Å². The lowest BCUT2D eigenvalue weighted by atomic mass is 10.4. The zero-order valence-corrected chi connectivity index (χ0v) is 11.8. The Morgan fingerprint density at radius 2 is 1.83 bits per heavy atom. The molecule has 0 aromatic carbocycles. The molecule has 0 saturated carbocycles. The van der Waals surface area contributed by atoms with Gasteiger partial charge in [-0.2, -0.15) is 0 Å². The first-order chi connectivity index (χ1) is 8.63. The molecule has 0 aromatic heterocycles. The van der Waals surface area contributed by atoms with Crippen molar-refractivity contribution < 1.29 is 14.3 Å². The Morgan fingerprint density at radius 3 is 2.39 bits per heavy atom. The van der Waals surface area contributed by atoms with Gasteiger partial charge in [-0.05, 0) is 0 Å². The van der Waals surface area contributed by atoms with Gasteiger partial charge in [-0.25, -0.2) is 0 Å². The Hall–Kier alpha value is -0.550. The highest BCUT2D eigenvalue weighted by Gasteiger charge is 2.18. The van der Waals surface area contributed by atoms with Crippen molar-refractivity contribution in [2.75, 3.05) is 39.5 Å². The SMILES string of the molecule is C=CCOCCOCCN(CC=C)C(=O)C(Cl)Cl. The van der Waals surface area contributed by atoms with E-state index in [1.807, 2.05) is 0 Å². The van der Waals surface area contributed by atoms with Crippen LogP contribution in [0.5, 0.6) is 0 Å². The van der Waals surface area contributed by atoms with E-state index >= 15 is 0 Å². The van der Waals surface area contributed by atoms with Crippen LogP contribution in [0.3, 0.4) is 0 Å². The first-order valence-electron chi connectivity index (χ1n) is 5.57. The molecule has 104 valence electrons. The van der Waals surface area contributed by atoms with E-state index in [9.17, 15) is 4.79 Å². The molecule has 4 nitrogen and oxygen atoms in total. The van der Waals surface area contributed by atoms with Crippen molar-refractivity contribution in [2.24, 2.45) is 0 Å². The molecule has 0 saturated heterocycles. The van der Waals surface area contributed by atoms with Crippen LogP contribution in [0.2, 0.25) is 0 Å². The van der Waals surface area contributed by atoms with Gasteiger partial charge in [-0.1, -0.05) is 35.4 Å². The Kier molecular flexibility index (Phi) is 11.2. The molecule has 0 unspecified atom stereocenters. The maximum atomic E-state index is 11.6. The second-order valence-electron chi connectivity index (χ2n) is 3.35. The molecule has 0 radical (unpaired) electrons. The molecule has 0 spiro atoms. The van der Waals surface area contributed by atoms with Crippen molar-refractivity contribution in [3.8, 4) is 0 Å². The van der Waals surface area contributed by atoms with Crippen LogP contribution in [0.25, 0.3) is 0 Å². The minimum Gasteiger partial charge on any atom is -0.377 e. The Labute approximate surface area is 118 Å². The molecule has 0 N–H and O–H groups in total. The average Bonchev–Trinajstić information content (AvgIpc) is 2.35. The summed E-state index contributed by atoms with van der Waals surface area (Å²) in [5, 5.41) is 0. The number of nitrogens with zero attached hydrogens (tertiary/aromatic N) is 1. The van der Waals surface area contributed by atoms with Gasteiger partial charge >= 0.3 is 0 Å². The molecule has 1 amide bonds. The van der Waals surface area contributed by atoms with Gasteiger partial charge < -0.3 is 14.4 Å². The normalized spacial score (nSPS) is 10.4. The molecule has 0 fully saturated rings. The molecule has 6 heteroatoms. The van der Waals surface area contributed by atoms with Crippen LogP contribution >= 0.6 is 23.2 Å². The predicted molar refractivity (Wildman–Crippen MR) is 74.1 cm³/mol. The fraction of sp³-hybridized carbons (Fsp3) is 0.583. The van der Waals surface area contributed by atoms with E-state index in [1.54, 1.807) is 12.2 Å². The van der Waals surface area contributed by atoms with E-state index in [1.165, 1.54) is 4.90 Å². The fourth-order valence-corrected chi connectivity index (χ4v) is 1.42. The molecular weight excluding hydrogens is 277 g/mol. The summed E-state index contributed by atoms with van der Waals surface area (Å²) in [5.74, 6) is -0.343. The standard InChI is InChI=1S/C12H19Cl2NO3/c1-3-5-15(12(16)11(13)14)6-8-18-10-9-17-7-4-2/h3-4,11H,1-2,5-10H2. The minimum atomic E-state index is -1.05. The van der Waals surface area contributed by atoms with Crippen LogP contribution in [-0.4, -0.2) is 55.2 Å². The smallest absolute Gasteiger partial charge is 0.256 e. The molecule has 0 aliphatic heterocycles. The van der Waals surface area contributed by atoms with Gasteiger partial charge in [-0.3, -0.25) is 4.79 Å². The van der Waals surface area contributed by atoms with Crippen LogP contribution < -0.4 is 0 Å². The number of amides is 1. The number of carbonyl (C=O) groups excluding carboxylic acids is 1. The maximum absolute atomic E-state index is 11.6. The van der Waals surface area contributed by atoms with Crippen LogP contribution in [0.1, 0.15) is 0 Å². The molecule has 0 atom stereocenters. The van der Waals surface area contributed by atoms with E-state index in [0.717, 1.165) is 0 Å². The highest BCUT2D eigenvalue weighted by Crippen LogP contribution is 2.06. The van der Waals surface area contributed by atoms with Gasteiger partial charge in [0, 0.05) is 13.1 Å². The zero-order chi connectivity index (χ0) is 13.8. The maximum Gasteiger partial charge on any atom is 0.256 e. The molecule has 0 aromatic rings. The van der Waals surface area contributed by atoms with Crippen LogP contribution in [-0.2, 0) is 14.3 Å². The van der Waals surface area contributed by atoms with Gasteiger partial charge in [0.2, 0.25) is 0 Å². The van der Waals surface area contributed by atoms with Crippen LogP contribution in [0, 0.1) is 0 Å². The molecule has 0 aliphatic rings. The van der Waals surface area contributed by atoms with Gasteiger partial charge in [0.15, 0.2) is 4.84 Å². The van der Waals surface area contributed by atoms with Crippen molar-refractivity contribution in [1.82, 2.24) is 4.90 Å². The second-order valence-corrected chi connectivity index (χ2v) is 4.45. The highest BCUT2D eigenvalue weighted by molar-refractivity contribution is 6.53. The van der Waals surface area contributed by atoms with Gasteiger partial charge in [0.25, 0.3) is 5.91 Å². The summed E-state index contributed by atoms with van der Waals surface area (Å²) in [6, 6.07) is 0. The van der Waals surface area contributed by atoms with Gasteiger partial charge in [0.05, 0.1) is 26.4 Å². The third-order valence-corrected chi connectivity index (χ3v) is 2.33. The Balaban J connectivity index is 3.73. The van der Waals surface area contributed by atoms with Crippen molar-refractivity contribution in [3.05, 3.63) is 25.3 Å². The first kappa shape index (κ1) is 17.4. The number of hydrogen-bond acceptors (Lipinski definition) is 3. The largest absolute Gasteiger partial charge is 0.377 e. The second kappa shape index (κ2) is 11.5. The fourth-order valence-electron chi connectivity index (χ4n) is 1.15. The summed E-state index contributed by atoms with van der Waals surface area (Å²) < 4.78 is 10.5. The minimum absolute atomic E-state index is 0.343. The summed E-state index contributed by atoms with van der Waals surface area (Å²) in [7, 11) is 0. The molecule has 0 rings (SSSR count). The molecule has 18 heavy (non-hydrogen) atoms. The Morgan fingerprint density at radius 1 is 1.17 bits per heavy atom. The summed E-state index contributed by atoms with van der Waals surface area (Å²) in [4.78, 5) is 12.0. The highest BCUT2D eigenvalue weighted by atomic mass is 35.5. The monoisotopic (exact) mass is 295 g/mol. The van der Waals surface area contributed by atoms with Crippen molar-refractivity contribution >= 4 is 29.1 Å². The summed E-state index contributed by atoms with van der Waals surface area (Å²) >= 11 is 11.1. The number of carbonyl (C=O) groups is 1. The van der Waals surface area contributed by atoms with Crippen LogP contribution in [0.4, 0.5) is 0 Å². The molecule has 0 aliphatic carbocycles. The quantitative estimate of drug-likeness (QED) is 0.333. The lowest BCUT2D eigenvalue weighted by Crippen LogP contribution is -2.37. The van der Waals surface area contributed by atoms with E-state index < -0.39 is 4.84 Å². The predicted octanol–water partition coefficient (Wildman–Crippen LogP) is 2.02. The van der Waals surface area contributed by atoms with Gasteiger partial charge in [-0.15, -0.1) is 13.2 Å². The van der Waals surface area contributed by atoms with Crippen molar-refractivity contribution in [1.29, 1.82) is 0 Å². The molecule has 0 bridgehead atoms. The summed E-state index contributed by atoms with van der Waals surface area (Å²) in [6.45, 7) is 9.78. The number of alkyl halides is 2. The Bertz CT molecular complexity index is 260. The lowest BCUT2D eigenvalue weighted by Gasteiger charge is -2.21. The van der Waals surface area contributed by atoms with E-state index in [4.69, 9.17) is 32.7 Å². The molecular formula is C12H19Cl2NO3. The number of ether oxygens (including phenoxy) is 2. The van der Waals surface area contributed by atoms with E-state index in [-0.39, 0.29) is 5.91 Å². The van der Waals surface area contributed by atoms with Gasteiger partial charge in [0.1, 0.15) is 0 Å². The number of hydrogen-bond donors (Lipinski definition) is 0. The topological polar surface area (TPSA) is 38.8 Å².